The highest BCUT2D eigenvalue weighted by Crippen LogP contribution is 2.49. The van der Waals surface area contributed by atoms with Gasteiger partial charge in [0, 0.05) is 11.5 Å². The zero-order valence-corrected chi connectivity index (χ0v) is 6.70. The van der Waals surface area contributed by atoms with Gasteiger partial charge in [-0.05, 0) is 12.8 Å². The lowest BCUT2D eigenvalue weighted by molar-refractivity contribution is -0.154. The number of allylic oxidation sites excluding steroid dienone is 1. The van der Waals surface area contributed by atoms with Crippen LogP contribution in [0.25, 0.3) is 0 Å². The van der Waals surface area contributed by atoms with Crippen molar-refractivity contribution in [2.75, 3.05) is 0 Å². The Bertz CT molecular complexity index is 390. The highest BCUT2D eigenvalue weighted by atomic mass is 16.6. The topological polar surface area (TPSA) is 60.4 Å². The molecule has 1 saturated carbocycles. The molecule has 2 bridgehead atoms. The minimum atomic E-state index is -0.597. The third-order valence-electron chi connectivity index (χ3n) is 3.05. The van der Waals surface area contributed by atoms with Crippen LogP contribution in [0.3, 0.4) is 0 Å². The predicted molar refractivity (Wildman–Crippen MR) is 39.3 cm³/mol. The van der Waals surface area contributed by atoms with Crippen LogP contribution >= 0.6 is 0 Å². The van der Waals surface area contributed by atoms with E-state index in [2.05, 4.69) is 4.74 Å². The van der Waals surface area contributed by atoms with E-state index < -0.39 is 17.9 Å². The quantitative estimate of drug-likeness (QED) is 0.386. The average Bonchev–Trinajstić information content (AvgIpc) is 2.67. The summed E-state index contributed by atoms with van der Waals surface area (Å²) in [7, 11) is 0. The van der Waals surface area contributed by atoms with Crippen molar-refractivity contribution in [1.82, 2.24) is 0 Å². The van der Waals surface area contributed by atoms with E-state index in [0.717, 1.165) is 0 Å². The Morgan fingerprint density at radius 1 is 1.23 bits per heavy atom. The van der Waals surface area contributed by atoms with E-state index in [1.165, 1.54) is 0 Å². The number of hydrogen-bond acceptors (Lipinski definition) is 4. The number of ketones is 1. The molecule has 0 amide bonds. The summed E-state index contributed by atoms with van der Waals surface area (Å²) < 4.78 is 4.47. The SMILES string of the molecule is O=C1OC(=O)C2C1=C1CCC2C1=O. The number of cyclic esters (lactones) is 2. The van der Waals surface area contributed by atoms with Gasteiger partial charge in [0.15, 0.2) is 5.78 Å². The monoisotopic (exact) mass is 178 g/mol. The summed E-state index contributed by atoms with van der Waals surface area (Å²) in [5.74, 6) is -1.98. The van der Waals surface area contributed by atoms with Gasteiger partial charge in [-0.1, -0.05) is 0 Å². The standard InChI is InChI=1S/C9H6O4/c10-7-3-1-2-4(7)6-5(3)8(11)13-9(6)12/h3,5H,1-2H2. The molecule has 2 fully saturated rings. The molecule has 1 aliphatic heterocycles. The second-order valence-electron chi connectivity index (χ2n) is 3.59. The summed E-state index contributed by atoms with van der Waals surface area (Å²) >= 11 is 0. The van der Waals surface area contributed by atoms with Crippen molar-refractivity contribution in [3.05, 3.63) is 11.1 Å². The molecule has 0 radical (unpaired) electrons. The van der Waals surface area contributed by atoms with Gasteiger partial charge in [0.05, 0.1) is 11.5 Å². The number of carbonyl (C=O) groups excluding carboxylic acids is 3. The Labute approximate surface area is 73.5 Å². The minimum absolute atomic E-state index is 0.00926. The summed E-state index contributed by atoms with van der Waals surface area (Å²) in [4.78, 5) is 33.8. The van der Waals surface area contributed by atoms with E-state index in [1.54, 1.807) is 0 Å². The molecule has 2 atom stereocenters. The Hall–Kier alpha value is -1.45. The highest BCUT2D eigenvalue weighted by molar-refractivity contribution is 6.20. The Balaban J connectivity index is 2.25. The smallest absolute Gasteiger partial charge is 0.343 e. The molecule has 0 aromatic carbocycles. The first kappa shape index (κ1) is 7.00. The number of carbonyl (C=O) groups is 3. The third-order valence-corrected chi connectivity index (χ3v) is 3.05. The number of ether oxygens (including phenoxy) is 1. The normalized spacial score (nSPS) is 35.8. The van der Waals surface area contributed by atoms with Crippen molar-refractivity contribution in [3.63, 3.8) is 0 Å². The molecule has 0 aromatic rings. The molecule has 4 nitrogen and oxygen atoms in total. The van der Waals surface area contributed by atoms with Gasteiger partial charge in [-0.25, -0.2) is 4.79 Å². The van der Waals surface area contributed by atoms with Gasteiger partial charge in [-0.3, -0.25) is 9.59 Å². The minimum Gasteiger partial charge on any atom is -0.389 e. The number of esters is 2. The molecule has 0 spiro atoms. The lowest BCUT2D eigenvalue weighted by Gasteiger charge is -2.09. The first-order valence-corrected chi connectivity index (χ1v) is 4.23. The molecule has 66 valence electrons. The lowest BCUT2D eigenvalue weighted by atomic mass is 9.88. The summed E-state index contributed by atoms with van der Waals surface area (Å²) in [5.41, 5.74) is 0.900. The third kappa shape index (κ3) is 0.610. The van der Waals surface area contributed by atoms with Gasteiger partial charge >= 0.3 is 11.9 Å². The molecule has 1 heterocycles. The van der Waals surface area contributed by atoms with Crippen molar-refractivity contribution >= 4 is 17.7 Å². The van der Waals surface area contributed by atoms with Crippen LogP contribution in [0.5, 0.6) is 0 Å². The van der Waals surface area contributed by atoms with Crippen molar-refractivity contribution in [2.45, 2.75) is 12.8 Å². The van der Waals surface area contributed by atoms with Crippen molar-refractivity contribution < 1.29 is 19.1 Å². The molecule has 2 aliphatic carbocycles. The second-order valence-corrected chi connectivity index (χ2v) is 3.59. The first-order chi connectivity index (χ1) is 6.20. The van der Waals surface area contributed by atoms with Crippen LogP contribution in [-0.2, 0) is 19.1 Å². The Morgan fingerprint density at radius 2 is 2.00 bits per heavy atom. The van der Waals surface area contributed by atoms with Crippen LogP contribution in [-0.4, -0.2) is 17.7 Å². The fraction of sp³-hybridized carbons (Fsp3) is 0.444. The van der Waals surface area contributed by atoms with E-state index in [-0.39, 0.29) is 11.7 Å². The van der Waals surface area contributed by atoms with Gasteiger partial charge in [0.25, 0.3) is 0 Å². The molecule has 13 heavy (non-hydrogen) atoms. The van der Waals surface area contributed by atoms with E-state index in [9.17, 15) is 14.4 Å². The van der Waals surface area contributed by atoms with E-state index in [4.69, 9.17) is 0 Å². The summed E-state index contributed by atoms with van der Waals surface area (Å²) in [6.07, 6.45) is 1.34. The summed E-state index contributed by atoms with van der Waals surface area (Å²) in [5, 5.41) is 0. The molecule has 1 saturated heterocycles. The largest absolute Gasteiger partial charge is 0.389 e. The van der Waals surface area contributed by atoms with Crippen molar-refractivity contribution in [2.24, 2.45) is 11.8 Å². The maximum absolute atomic E-state index is 11.5. The van der Waals surface area contributed by atoms with E-state index >= 15 is 0 Å². The maximum atomic E-state index is 11.5. The van der Waals surface area contributed by atoms with Crippen LogP contribution in [0.2, 0.25) is 0 Å². The fourth-order valence-corrected chi connectivity index (χ4v) is 2.49. The molecular formula is C9H6O4. The van der Waals surface area contributed by atoms with Crippen molar-refractivity contribution in [1.29, 1.82) is 0 Å². The Kier molecular flexibility index (Phi) is 1.02. The number of fused-ring (bicyclic) bond motifs is 4. The average molecular weight is 178 g/mol. The van der Waals surface area contributed by atoms with Crippen LogP contribution in [0.15, 0.2) is 11.1 Å². The van der Waals surface area contributed by atoms with Crippen LogP contribution in [0.1, 0.15) is 12.8 Å². The van der Waals surface area contributed by atoms with E-state index in [0.29, 0.717) is 24.0 Å². The lowest BCUT2D eigenvalue weighted by Crippen LogP contribution is -2.19. The number of hydrogen-bond donors (Lipinski definition) is 0. The van der Waals surface area contributed by atoms with Gasteiger partial charge in [-0.2, -0.15) is 0 Å². The molecular weight excluding hydrogens is 172 g/mol. The summed E-state index contributed by atoms with van der Waals surface area (Å²) in [6, 6.07) is 0. The highest BCUT2D eigenvalue weighted by Gasteiger charge is 2.57. The molecule has 2 unspecified atom stereocenters. The number of Topliss-reactive ketones (excluding diaryl/α,β-unsaturated/α-hetero) is 1. The summed E-state index contributed by atoms with van der Waals surface area (Å²) in [6.45, 7) is 0. The predicted octanol–water partition coefficient (Wildman–Crippen LogP) is -0.0247. The molecule has 3 aliphatic rings. The molecule has 0 aromatic heterocycles. The maximum Gasteiger partial charge on any atom is 0.343 e. The zero-order chi connectivity index (χ0) is 9.16. The van der Waals surface area contributed by atoms with Gasteiger partial charge in [0.1, 0.15) is 0 Å². The van der Waals surface area contributed by atoms with Crippen molar-refractivity contribution in [3.8, 4) is 0 Å². The van der Waals surface area contributed by atoms with Crippen LogP contribution in [0, 0.1) is 11.8 Å². The second kappa shape index (κ2) is 1.89. The van der Waals surface area contributed by atoms with Gasteiger partial charge in [-0.15, -0.1) is 0 Å². The Morgan fingerprint density at radius 3 is 2.69 bits per heavy atom. The molecule has 0 N–H and O–H groups in total. The number of rotatable bonds is 0. The van der Waals surface area contributed by atoms with Crippen LogP contribution < -0.4 is 0 Å². The molecule has 4 heteroatoms. The van der Waals surface area contributed by atoms with Gasteiger partial charge in [0.2, 0.25) is 0 Å². The molecule has 3 rings (SSSR count). The van der Waals surface area contributed by atoms with E-state index in [1.807, 2.05) is 0 Å². The van der Waals surface area contributed by atoms with Gasteiger partial charge < -0.3 is 4.74 Å². The first-order valence-electron chi connectivity index (χ1n) is 4.23. The fourth-order valence-electron chi connectivity index (χ4n) is 2.49. The zero-order valence-electron chi connectivity index (χ0n) is 6.70. The van der Waals surface area contributed by atoms with Crippen LogP contribution in [0.4, 0.5) is 0 Å².